The zero-order valence-electron chi connectivity index (χ0n) is 10.6. The number of ether oxygens (including phenoxy) is 1. The number of amides is 1. The molecule has 0 fully saturated rings. The topological polar surface area (TPSA) is 75.6 Å². The zero-order valence-corrected chi connectivity index (χ0v) is 12.9. The maximum Gasteiger partial charge on any atom is 0.412 e. The van der Waals surface area contributed by atoms with Gasteiger partial charge in [-0.25, -0.2) is 9.59 Å². The third-order valence-corrected chi connectivity index (χ3v) is 3.12. The lowest BCUT2D eigenvalue weighted by molar-refractivity contribution is 0.0636. The van der Waals surface area contributed by atoms with E-state index in [1.165, 1.54) is 12.1 Å². The molecule has 7 heteroatoms. The van der Waals surface area contributed by atoms with Crippen molar-refractivity contribution in [2.75, 3.05) is 5.32 Å². The van der Waals surface area contributed by atoms with Crippen molar-refractivity contribution in [2.24, 2.45) is 0 Å². The molecular formula is C12H13BrClNO4. The highest BCUT2D eigenvalue weighted by Crippen LogP contribution is 2.29. The van der Waals surface area contributed by atoms with E-state index in [2.05, 4.69) is 21.2 Å². The Morgan fingerprint density at radius 1 is 1.37 bits per heavy atom. The van der Waals surface area contributed by atoms with Gasteiger partial charge in [0, 0.05) is 4.47 Å². The first-order valence-corrected chi connectivity index (χ1v) is 6.49. The molecule has 1 aromatic carbocycles. The summed E-state index contributed by atoms with van der Waals surface area (Å²) in [4.78, 5) is 22.7. The third kappa shape index (κ3) is 4.72. The lowest BCUT2D eigenvalue weighted by Crippen LogP contribution is -2.27. The molecule has 0 aliphatic heterocycles. The van der Waals surface area contributed by atoms with Crippen LogP contribution in [-0.2, 0) is 4.74 Å². The number of carboxylic acids is 1. The molecule has 1 amide bonds. The van der Waals surface area contributed by atoms with Crippen LogP contribution in [0.15, 0.2) is 16.6 Å². The Labute approximate surface area is 124 Å². The number of aromatic carboxylic acids is 1. The van der Waals surface area contributed by atoms with Crippen molar-refractivity contribution >= 4 is 45.3 Å². The summed E-state index contributed by atoms with van der Waals surface area (Å²) >= 11 is 9.00. The first-order chi connectivity index (χ1) is 8.60. The zero-order chi connectivity index (χ0) is 14.8. The summed E-state index contributed by atoms with van der Waals surface area (Å²) in [5.74, 6) is -1.18. The molecule has 0 aliphatic carbocycles. The number of halogens is 2. The summed E-state index contributed by atoms with van der Waals surface area (Å²) in [5, 5.41) is 11.7. The summed E-state index contributed by atoms with van der Waals surface area (Å²) < 4.78 is 5.48. The van der Waals surface area contributed by atoms with E-state index in [0.29, 0.717) is 4.47 Å². The molecular weight excluding hydrogens is 337 g/mol. The molecule has 0 radical (unpaired) electrons. The summed E-state index contributed by atoms with van der Waals surface area (Å²) in [6, 6.07) is 2.66. The molecule has 0 aliphatic rings. The number of carboxylic acid groups (broad SMARTS) is 1. The molecule has 2 N–H and O–H groups in total. The van der Waals surface area contributed by atoms with Crippen LogP contribution >= 0.6 is 27.5 Å². The second-order valence-corrected chi connectivity index (χ2v) is 6.01. The minimum Gasteiger partial charge on any atom is -0.478 e. The van der Waals surface area contributed by atoms with Gasteiger partial charge in [0.25, 0.3) is 0 Å². The largest absolute Gasteiger partial charge is 0.478 e. The molecule has 1 rings (SSSR count). The van der Waals surface area contributed by atoms with Crippen molar-refractivity contribution in [3.8, 4) is 0 Å². The van der Waals surface area contributed by atoms with Gasteiger partial charge in [-0.05, 0) is 48.8 Å². The summed E-state index contributed by atoms with van der Waals surface area (Å²) in [7, 11) is 0. The summed E-state index contributed by atoms with van der Waals surface area (Å²) in [6.07, 6.45) is -0.742. The van der Waals surface area contributed by atoms with E-state index in [0.717, 1.165) is 0 Å². The number of benzene rings is 1. The number of hydrogen-bond acceptors (Lipinski definition) is 3. The maximum atomic E-state index is 11.6. The van der Waals surface area contributed by atoms with Gasteiger partial charge in [-0.15, -0.1) is 0 Å². The normalized spacial score (nSPS) is 11.0. The van der Waals surface area contributed by atoms with Crippen molar-refractivity contribution < 1.29 is 19.4 Å². The van der Waals surface area contributed by atoms with Crippen molar-refractivity contribution in [1.82, 2.24) is 0 Å². The Hall–Kier alpha value is -1.27. The van der Waals surface area contributed by atoms with Crippen molar-refractivity contribution in [3.63, 3.8) is 0 Å². The number of anilines is 1. The standard InChI is InChI=1S/C12H13BrClNO4/c1-12(2,3)19-11(18)15-9-5-8(14)7(13)4-6(9)10(16)17/h4-5H,1-3H3,(H,15,18)(H,16,17). The fraction of sp³-hybridized carbons (Fsp3) is 0.333. The predicted octanol–water partition coefficient (Wildman–Crippen LogP) is 4.15. The average molecular weight is 351 g/mol. The lowest BCUT2D eigenvalue weighted by Gasteiger charge is -2.20. The molecule has 0 saturated carbocycles. The third-order valence-electron chi connectivity index (χ3n) is 1.93. The number of nitrogens with one attached hydrogen (secondary N) is 1. The lowest BCUT2D eigenvalue weighted by atomic mass is 10.2. The van der Waals surface area contributed by atoms with Crippen molar-refractivity contribution in [2.45, 2.75) is 26.4 Å². The Morgan fingerprint density at radius 2 is 1.95 bits per heavy atom. The maximum absolute atomic E-state index is 11.6. The van der Waals surface area contributed by atoms with Crippen molar-refractivity contribution in [1.29, 1.82) is 0 Å². The van der Waals surface area contributed by atoms with E-state index < -0.39 is 17.7 Å². The molecule has 0 aromatic heterocycles. The molecule has 0 bridgehead atoms. The Morgan fingerprint density at radius 3 is 2.42 bits per heavy atom. The molecule has 19 heavy (non-hydrogen) atoms. The van der Waals surface area contributed by atoms with Gasteiger partial charge in [-0.3, -0.25) is 5.32 Å². The van der Waals surface area contributed by atoms with Crippen LogP contribution in [0, 0.1) is 0 Å². The molecule has 1 aromatic rings. The summed E-state index contributed by atoms with van der Waals surface area (Å²) in [5.41, 5.74) is -0.677. The molecule has 5 nitrogen and oxygen atoms in total. The minimum absolute atomic E-state index is 0.0787. The minimum atomic E-state index is -1.18. The highest BCUT2D eigenvalue weighted by molar-refractivity contribution is 9.10. The number of hydrogen-bond donors (Lipinski definition) is 2. The van der Waals surface area contributed by atoms with Crippen LogP contribution in [0.4, 0.5) is 10.5 Å². The molecule has 0 spiro atoms. The average Bonchev–Trinajstić information content (AvgIpc) is 2.19. The predicted molar refractivity (Wildman–Crippen MR) is 76.0 cm³/mol. The van der Waals surface area contributed by atoms with E-state index in [9.17, 15) is 9.59 Å². The number of carbonyl (C=O) groups is 2. The quantitative estimate of drug-likeness (QED) is 0.840. The smallest absolute Gasteiger partial charge is 0.412 e. The van der Waals surface area contributed by atoms with Gasteiger partial charge >= 0.3 is 12.1 Å². The molecule has 104 valence electrons. The van der Waals surface area contributed by atoms with Crippen LogP contribution in [0.25, 0.3) is 0 Å². The van der Waals surface area contributed by atoms with Crippen LogP contribution in [-0.4, -0.2) is 22.8 Å². The van der Waals surface area contributed by atoms with E-state index in [-0.39, 0.29) is 16.3 Å². The number of rotatable bonds is 2. The van der Waals surface area contributed by atoms with Crippen LogP contribution in [0.5, 0.6) is 0 Å². The van der Waals surface area contributed by atoms with Crippen LogP contribution < -0.4 is 5.32 Å². The SMILES string of the molecule is CC(C)(C)OC(=O)Nc1cc(Cl)c(Br)cc1C(=O)O. The van der Waals surface area contributed by atoms with E-state index in [1.54, 1.807) is 20.8 Å². The highest BCUT2D eigenvalue weighted by Gasteiger charge is 2.19. The van der Waals surface area contributed by atoms with Gasteiger partial charge in [-0.1, -0.05) is 11.6 Å². The van der Waals surface area contributed by atoms with E-state index in [4.69, 9.17) is 21.4 Å². The highest BCUT2D eigenvalue weighted by atomic mass is 79.9. The summed E-state index contributed by atoms with van der Waals surface area (Å²) in [6.45, 7) is 5.12. The van der Waals surface area contributed by atoms with Crippen LogP contribution in [0.3, 0.4) is 0 Å². The first-order valence-electron chi connectivity index (χ1n) is 5.32. The second kappa shape index (κ2) is 5.79. The fourth-order valence-corrected chi connectivity index (χ4v) is 1.75. The van der Waals surface area contributed by atoms with Gasteiger partial charge in [0.2, 0.25) is 0 Å². The second-order valence-electron chi connectivity index (χ2n) is 4.74. The molecule has 0 heterocycles. The Kier molecular flexibility index (Phi) is 4.81. The molecule has 0 saturated heterocycles. The van der Waals surface area contributed by atoms with E-state index >= 15 is 0 Å². The van der Waals surface area contributed by atoms with E-state index in [1.807, 2.05) is 0 Å². The van der Waals surface area contributed by atoms with Crippen LogP contribution in [0.1, 0.15) is 31.1 Å². The fourth-order valence-electron chi connectivity index (χ4n) is 1.24. The van der Waals surface area contributed by atoms with Gasteiger partial charge in [0.1, 0.15) is 5.60 Å². The molecule has 0 unspecified atom stereocenters. The van der Waals surface area contributed by atoms with Crippen molar-refractivity contribution in [3.05, 3.63) is 27.2 Å². The number of carbonyl (C=O) groups excluding carboxylic acids is 1. The Bertz CT molecular complexity index is 525. The first kappa shape index (κ1) is 15.8. The molecule has 0 atom stereocenters. The van der Waals surface area contributed by atoms with Gasteiger partial charge in [-0.2, -0.15) is 0 Å². The van der Waals surface area contributed by atoms with Gasteiger partial charge in [0.15, 0.2) is 0 Å². The van der Waals surface area contributed by atoms with Gasteiger partial charge in [0.05, 0.1) is 16.3 Å². The van der Waals surface area contributed by atoms with Crippen LogP contribution in [0.2, 0.25) is 5.02 Å². The monoisotopic (exact) mass is 349 g/mol. The van der Waals surface area contributed by atoms with Gasteiger partial charge < -0.3 is 9.84 Å². The Balaban J connectivity index is 3.03.